The van der Waals surface area contributed by atoms with Gasteiger partial charge >= 0.3 is 5.97 Å². The summed E-state index contributed by atoms with van der Waals surface area (Å²) in [5, 5.41) is 0. The maximum Gasteiger partial charge on any atom is 0.306 e. The minimum Gasteiger partial charge on any atom is -0.469 e. The van der Waals surface area contributed by atoms with E-state index in [0.717, 1.165) is 25.1 Å². The Morgan fingerprint density at radius 1 is 1.33 bits per heavy atom. The highest BCUT2D eigenvalue weighted by molar-refractivity contribution is 5.95. The van der Waals surface area contributed by atoms with Crippen LogP contribution in [0.25, 0.3) is 0 Å². The van der Waals surface area contributed by atoms with Crippen LogP contribution >= 0.6 is 0 Å². The van der Waals surface area contributed by atoms with Crippen molar-refractivity contribution in [3.05, 3.63) is 29.8 Å². The number of carbonyl (C=O) groups excluding carboxylic acids is 2. The van der Waals surface area contributed by atoms with Gasteiger partial charge in [0.15, 0.2) is 0 Å². The van der Waals surface area contributed by atoms with Crippen LogP contribution in [0.4, 0.5) is 5.69 Å². The topological polar surface area (TPSA) is 49.9 Å². The molecule has 114 valence electrons. The summed E-state index contributed by atoms with van der Waals surface area (Å²) in [5.74, 6) is -0.174. The fourth-order valence-electron chi connectivity index (χ4n) is 2.57. The first-order valence-electron chi connectivity index (χ1n) is 7.25. The zero-order valence-electron chi connectivity index (χ0n) is 12.7. The molecule has 1 aliphatic rings. The summed E-state index contributed by atoms with van der Waals surface area (Å²) in [6, 6.07) is 8.05. The van der Waals surface area contributed by atoms with E-state index in [1.165, 1.54) is 12.7 Å². The Labute approximate surface area is 125 Å². The second-order valence-electron chi connectivity index (χ2n) is 5.34. The number of fused-ring (bicyclic) bond motifs is 1. The molecule has 5 heteroatoms. The lowest BCUT2D eigenvalue weighted by Crippen LogP contribution is -2.42. The van der Waals surface area contributed by atoms with Crippen molar-refractivity contribution in [2.45, 2.75) is 19.3 Å². The third-order valence-electron chi connectivity index (χ3n) is 3.74. The third-order valence-corrected chi connectivity index (χ3v) is 3.74. The summed E-state index contributed by atoms with van der Waals surface area (Å²) in [5.41, 5.74) is 2.25. The number of carbonyl (C=O) groups is 2. The van der Waals surface area contributed by atoms with Crippen LogP contribution in [0.5, 0.6) is 0 Å². The number of hydrogen-bond acceptors (Lipinski definition) is 4. The van der Waals surface area contributed by atoms with Crippen LogP contribution < -0.4 is 4.90 Å². The fraction of sp³-hybridized carbons (Fsp3) is 0.500. The predicted octanol–water partition coefficient (Wildman–Crippen LogP) is 1.46. The molecule has 21 heavy (non-hydrogen) atoms. The molecule has 0 spiro atoms. The zero-order valence-corrected chi connectivity index (χ0v) is 12.7. The van der Waals surface area contributed by atoms with Gasteiger partial charge in [0.25, 0.3) is 0 Å². The minimum absolute atomic E-state index is 0.0783. The number of aryl methyl sites for hydroxylation is 1. The molecular formula is C16H22N2O3. The fourth-order valence-corrected chi connectivity index (χ4v) is 2.57. The SMILES string of the molecule is COC(=O)CCN(C)CC(=O)N1CCCc2ccccc21. The van der Waals surface area contributed by atoms with Crippen LogP contribution in [0.3, 0.4) is 0 Å². The first-order chi connectivity index (χ1) is 10.1. The Hall–Kier alpha value is -1.88. The first kappa shape index (κ1) is 15.5. The largest absolute Gasteiger partial charge is 0.469 e. The van der Waals surface area contributed by atoms with Crippen molar-refractivity contribution in [3.8, 4) is 0 Å². The van der Waals surface area contributed by atoms with E-state index in [2.05, 4.69) is 10.8 Å². The van der Waals surface area contributed by atoms with Crippen molar-refractivity contribution in [1.29, 1.82) is 0 Å². The number of esters is 1. The molecule has 0 saturated heterocycles. The lowest BCUT2D eigenvalue weighted by molar-refractivity contribution is -0.141. The molecule has 5 nitrogen and oxygen atoms in total. The Bertz CT molecular complexity index is 516. The molecule has 0 N–H and O–H groups in total. The highest BCUT2D eigenvalue weighted by Crippen LogP contribution is 2.26. The van der Waals surface area contributed by atoms with Gasteiger partial charge in [0.2, 0.25) is 5.91 Å². The molecule has 0 radical (unpaired) electrons. The number of benzene rings is 1. The van der Waals surface area contributed by atoms with E-state index in [9.17, 15) is 9.59 Å². The van der Waals surface area contributed by atoms with Gasteiger partial charge in [0.1, 0.15) is 0 Å². The number of anilines is 1. The average molecular weight is 290 g/mol. The lowest BCUT2D eigenvalue weighted by Gasteiger charge is -2.30. The molecule has 1 heterocycles. The van der Waals surface area contributed by atoms with Gasteiger partial charge in [-0.2, -0.15) is 0 Å². The van der Waals surface area contributed by atoms with Gasteiger partial charge < -0.3 is 9.64 Å². The van der Waals surface area contributed by atoms with Gasteiger partial charge in [-0.05, 0) is 31.5 Å². The number of methoxy groups -OCH3 is 1. The number of likely N-dealkylation sites (N-methyl/N-ethyl adjacent to an activating group) is 1. The van der Waals surface area contributed by atoms with Crippen LogP contribution in [0.2, 0.25) is 0 Å². The number of amides is 1. The van der Waals surface area contributed by atoms with E-state index < -0.39 is 0 Å². The van der Waals surface area contributed by atoms with Crippen LogP contribution in [0.15, 0.2) is 24.3 Å². The summed E-state index contributed by atoms with van der Waals surface area (Å²) in [6.45, 7) is 1.60. The van der Waals surface area contributed by atoms with Crippen molar-refractivity contribution in [2.24, 2.45) is 0 Å². The van der Waals surface area contributed by atoms with E-state index in [0.29, 0.717) is 19.5 Å². The second-order valence-corrected chi connectivity index (χ2v) is 5.34. The Kier molecular flexibility index (Phi) is 5.33. The van der Waals surface area contributed by atoms with Crippen molar-refractivity contribution in [3.63, 3.8) is 0 Å². The van der Waals surface area contributed by atoms with Crippen molar-refractivity contribution in [2.75, 3.05) is 38.7 Å². The van der Waals surface area contributed by atoms with Crippen LogP contribution in [0, 0.1) is 0 Å². The van der Waals surface area contributed by atoms with Crippen molar-refractivity contribution >= 4 is 17.6 Å². The summed E-state index contributed by atoms with van der Waals surface area (Å²) >= 11 is 0. The Morgan fingerprint density at radius 3 is 2.86 bits per heavy atom. The van der Waals surface area contributed by atoms with Gasteiger partial charge in [-0.1, -0.05) is 18.2 Å². The normalized spacial score (nSPS) is 14.0. The van der Waals surface area contributed by atoms with Crippen LogP contribution in [-0.2, 0) is 20.7 Å². The van der Waals surface area contributed by atoms with Gasteiger partial charge in [-0.25, -0.2) is 0 Å². The number of para-hydroxylation sites is 1. The molecule has 0 unspecified atom stereocenters. The number of nitrogens with zero attached hydrogens (tertiary/aromatic N) is 2. The molecular weight excluding hydrogens is 268 g/mol. The van der Waals surface area contributed by atoms with Gasteiger partial charge in [0, 0.05) is 18.8 Å². The number of ether oxygens (including phenoxy) is 1. The first-order valence-corrected chi connectivity index (χ1v) is 7.25. The van der Waals surface area contributed by atoms with E-state index in [1.54, 1.807) is 0 Å². The molecule has 1 aromatic carbocycles. The Morgan fingerprint density at radius 2 is 2.10 bits per heavy atom. The lowest BCUT2D eigenvalue weighted by atomic mass is 10.0. The molecule has 1 amide bonds. The van der Waals surface area contributed by atoms with Gasteiger partial charge in [-0.3, -0.25) is 14.5 Å². The van der Waals surface area contributed by atoms with Crippen molar-refractivity contribution in [1.82, 2.24) is 4.90 Å². The summed E-state index contributed by atoms with van der Waals surface area (Å²) in [7, 11) is 3.22. The molecule has 1 aliphatic heterocycles. The van der Waals surface area contributed by atoms with E-state index in [4.69, 9.17) is 0 Å². The molecule has 0 atom stereocenters. The summed E-state index contributed by atoms with van der Waals surface area (Å²) < 4.78 is 4.61. The maximum absolute atomic E-state index is 12.5. The second kappa shape index (κ2) is 7.22. The monoisotopic (exact) mass is 290 g/mol. The molecule has 0 aromatic heterocycles. The maximum atomic E-state index is 12.5. The highest BCUT2D eigenvalue weighted by atomic mass is 16.5. The molecule has 0 fully saturated rings. The molecule has 0 saturated carbocycles. The average Bonchev–Trinajstić information content (AvgIpc) is 2.51. The predicted molar refractivity (Wildman–Crippen MR) is 81.2 cm³/mol. The summed E-state index contributed by atoms with van der Waals surface area (Å²) in [6.07, 6.45) is 2.32. The Balaban J connectivity index is 1.93. The van der Waals surface area contributed by atoms with Crippen LogP contribution in [-0.4, -0.2) is 50.6 Å². The number of rotatable bonds is 5. The highest BCUT2D eigenvalue weighted by Gasteiger charge is 2.22. The molecule has 0 aliphatic carbocycles. The third kappa shape index (κ3) is 4.04. The number of hydrogen-bond donors (Lipinski definition) is 0. The zero-order chi connectivity index (χ0) is 15.2. The molecule has 0 bridgehead atoms. The van der Waals surface area contributed by atoms with Crippen molar-refractivity contribution < 1.29 is 14.3 Å². The summed E-state index contributed by atoms with van der Waals surface area (Å²) in [4.78, 5) is 27.3. The van der Waals surface area contributed by atoms with Gasteiger partial charge in [0.05, 0.1) is 20.1 Å². The minimum atomic E-state index is -0.252. The smallest absolute Gasteiger partial charge is 0.306 e. The van der Waals surface area contributed by atoms with Crippen LogP contribution in [0.1, 0.15) is 18.4 Å². The van der Waals surface area contributed by atoms with Gasteiger partial charge in [-0.15, -0.1) is 0 Å². The van der Waals surface area contributed by atoms with E-state index in [-0.39, 0.29) is 11.9 Å². The quantitative estimate of drug-likeness (QED) is 0.770. The molecule has 2 rings (SSSR count). The van der Waals surface area contributed by atoms with E-state index >= 15 is 0 Å². The molecule has 1 aromatic rings. The standard InChI is InChI=1S/C16H22N2O3/c1-17(11-9-16(20)21-2)12-15(19)18-10-5-7-13-6-3-4-8-14(13)18/h3-4,6,8H,5,7,9-12H2,1-2H3. The van der Waals surface area contributed by atoms with E-state index in [1.807, 2.05) is 35.0 Å².